The first-order chi connectivity index (χ1) is 10.3. The summed E-state index contributed by atoms with van der Waals surface area (Å²) in [6.07, 6.45) is 8.36. The van der Waals surface area contributed by atoms with E-state index in [9.17, 15) is 0 Å². The van der Waals surface area contributed by atoms with E-state index in [1.165, 1.54) is 70.7 Å². The molecule has 1 unspecified atom stereocenters. The molecule has 128 valence electrons. The molecule has 1 atom stereocenters. The van der Waals surface area contributed by atoms with Gasteiger partial charge in [-0.25, -0.2) is 0 Å². The van der Waals surface area contributed by atoms with Gasteiger partial charge in [0.1, 0.15) is 0 Å². The highest BCUT2D eigenvalue weighted by Gasteiger charge is 2.43. The number of likely N-dealkylation sites (N-methyl/N-ethyl adjacent to an activating group) is 1. The van der Waals surface area contributed by atoms with E-state index in [2.05, 4.69) is 29.0 Å². The molecule has 0 aromatic rings. The van der Waals surface area contributed by atoms with Crippen LogP contribution in [0.25, 0.3) is 0 Å². The van der Waals surface area contributed by atoms with Crippen molar-refractivity contribution in [1.82, 2.24) is 15.1 Å². The number of aliphatic imine (C=N–C) groups is 1. The molecule has 1 spiro atoms. The van der Waals surface area contributed by atoms with Crippen molar-refractivity contribution in [2.24, 2.45) is 10.4 Å². The predicted molar refractivity (Wildman–Crippen MR) is 104 cm³/mol. The maximum atomic E-state index is 4.99. The summed E-state index contributed by atoms with van der Waals surface area (Å²) >= 11 is 0. The highest BCUT2D eigenvalue weighted by atomic mass is 127. The summed E-state index contributed by atoms with van der Waals surface area (Å²) in [5, 5.41) is 3.52. The lowest BCUT2D eigenvalue weighted by atomic mass is 9.68. The summed E-state index contributed by atoms with van der Waals surface area (Å²) in [5.41, 5.74) is 0.652. The van der Waals surface area contributed by atoms with Crippen LogP contribution in [0.4, 0.5) is 0 Å². The molecule has 0 radical (unpaired) electrons. The second-order valence-electron chi connectivity index (χ2n) is 7.14. The third-order valence-electron chi connectivity index (χ3n) is 5.84. The van der Waals surface area contributed by atoms with E-state index in [1.807, 2.05) is 0 Å². The Labute approximate surface area is 153 Å². The van der Waals surface area contributed by atoms with Gasteiger partial charge in [0.2, 0.25) is 0 Å². The maximum absolute atomic E-state index is 4.99. The first-order valence-electron chi connectivity index (χ1n) is 9.04. The van der Waals surface area contributed by atoms with Crippen LogP contribution in [0, 0.1) is 5.41 Å². The molecular formula is C17H33IN4. The molecule has 2 saturated heterocycles. The van der Waals surface area contributed by atoms with Gasteiger partial charge in [-0.3, -0.25) is 9.89 Å². The van der Waals surface area contributed by atoms with Crippen LogP contribution >= 0.6 is 24.0 Å². The number of rotatable bonds is 4. The number of halogens is 1. The van der Waals surface area contributed by atoms with Gasteiger partial charge in [-0.2, -0.15) is 0 Å². The average molecular weight is 420 g/mol. The first kappa shape index (κ1) is 18.3. The number of nitrogens with one attached hydrogen (secondary N) is 1. The van der Waals surface area contributed by atoms with Crippen molar-refractivity contribution in [3.63, 3.8) is 0 Å². The molecule has 3 fully saturated rings. The summed E-state index contributed by atoms with van der Waals surface area (Å²) in [7, 11) is 0. The Morgan fingerprint density at radius 2 is 2.00 bits per heavy atom. The Balaban J connectivity index is 0.00000176. The van der Waals surface area contributed by atoms with E-state index in [0.717, 1.165) is 13.1 Å². The Morgan fingerprint density at radius 3 is 2.59 bits per heavy atom. The van der Waals surface area contributed by atoms with Crippen molar-refractivity contribution in [2.75, 3.05) is 39.3 Å². The van der Waals surface area contributed by atoms with Crippen LogP contribution < -0.4 is 5.32 Å². The van der Waals surface area contributed by atoms with Gasteiger partial charge < -0.3 is 10.2 Å². The van der Waals surface area contributed by atoms with Gasteiger partial charge in [0.25, 0.3) is 0 Å². The minimum atomic E-state index is 0. The molecule has 4 nitrogen and oxygen atoms in total. The van der Waals surface area contributed by atoms with Crippen molar-refractivity contribution in [1.29, 1.82) is 0 Å². The van der Waals surface area contributed by atoms with Crippen LogP contribution in [-0.4, -0.2) is 61.1 Å². The van der Waals surface area contributed by atoms with Crippen LogP contribution in [0.2, 0.25) is 0 Å². The van der Waals surface area contributed by atoms with E-state index >= 15 is 0 Å². The molecule has 3 aliphatic rings. The van der Waals surface area contributed by atoms with E-state index in [-0.39, 0.29) is 24.0 Å². The summed E-state index contributed by atoms with van der Waals surface area (Å²) < 4.78 is 0. The van der Waals surface area contributed by atoms with Gasteiger partial charge in [-0.15, -0.1) is 24.0 Å². The number of likely N-dealkylation sites (tertiary alicyclic amines) is 2. The summed E-state index contributed by atoms with van der Waals surface area (Å²) in [5.74, 6) is 1.17. The topological polar surface area (TPSA) is 30.9 Å². The van der Waals surface area contributed by atoms with Crippen LogP contribution in [0.5, 0.6) is 0 Å². The minimum absolute atomic E-state index is 0. The van der Waals surface area contributed by atoms with E-state index in [4.69, 9.17) is 4.99 Å². The van der Waals surface area contributed by atoms with Crippen LogP contribution in [-0.2, 0) is 0 Å². The Bertz CT molecular complexity index is 381. The van der Waals surface area contributed by atoms with Crippen LogP contribution in [0.1, 0.15) is 52.4 Å². The molecule has 22 heavy (non-hydrogen) atoms. The number of nitrogens with zero attached hydrogens (tertiary/aromatic N) is 3. The monoisotopic (exact) mass is 420 g/mol. The van der Waals surface area contributed by atoms with Gasteiger partial charge in [0.15, 0.2) is 5.96 Å². The molecule has 0 aromatic heterocycles. The number of guanidine groups is 1. The molecule has 1 N–H and O–H groups in total. The lowest BCUT2D eigenvalue weighted by Crippen LogP contribution is -2.43. The van der Waals surface area contributed by atoms with E-state index in [1.54, 1.807) is 0 Å². The SMILES string of the molecule is CCNC(=NCC1CCCN1CC)N1CCC2(CCC2)C1.I. The van der Waals surface area contributed by atoms with Gasteiger partial charge in [0, 0.05) is 25.7 Å². The van der Waals surface area contributed by atoms with Crippen molar-refractivity contribution in [3.8, 4) is 0 Å². The van der Waals surface area contributed by atoms with Crippen molar-refractivity contribution < 1.29 is 0 Å². The average Bonchev–Trinajstić information content (AvgIpc) is 3.09. The lowest BCUT2D eigenvalue weighted by Gasteiger charge is -2.38. The van der Waals surface area contributed by atoms with E-state index in [0.29, 0.717) is 11.5 Å². The van der Waals surface area contributed by atoms with Gasteiger partial charge >= 0.3 is 0 Å². The summed E-state index contributed by atoms with van der Waals surface area (Å²) in [6.45, 7) is 11.3. The summed E-state index contributed by atoms with van der Waals surface area (Å²) in [4.78, 5) is 10.1. The van der Waals surface area contributed by atoms with Crippen molar-refractivity contribution >= 4 is 29.9 Å². The highest BCUT2D eigenvalue weighted by Crippen LogP contribution is 2.47. The molecule has 3 rings (SSSR count). The number of hydrogen-bond acceptors (Lipinski definition) is 2. The lowest BCUT2D eigenvalue weighted by molar-refractivity contribution is 0.151. The maximum Gasteiger partial charge on any atom is 0.193 e. The zero-order chi connectivity index (χ0) is 14.7. The van der Waals surface area contributed by atoms with Crippen LogP contribution in [0.15, 0.2) is 4.99 Å². The molecule has 0 aromatic carbocycles. The van der Waals surface area contributed by atoms with Crippen LogP contribution in [0.3, 0.4) is 0 Å². The van der Waals surface area contributed by atoms with Crippen molar-refractivity contribution in [3.05, 3.63) is 0 Å². The molecule has 2 aliphatic heterocycles. The number of hydrogen-bond donors (Lipinski definition) is 1. The zero-order valence-electron chi connectivity index (χ0n) is 14.3. The van der Waals surface area contributed by atoms with Gasteiger partial charge in [-0.1, -0.05) is 13.3 Å². The fraction of sp³-hybridized carbons (Fsp3) is 0.941. The normalized spacial score (nSPS) is 27.8. The largest absolute Gasteiger partial charge is 0.357 e. The Morgan fingerprint density at radius 1 is 1.18 bits per heavy atom. The fourth-order valence-electron chi connectivity index (χ4n) is 4.34. The van der Waals surface area contributed by atoms with Crippen molar-refractivity contribution in [2.45, 2.75) is 58.4 Å². The minimum Gasteiger partial charge on any atom is -0.357 e. The smallest absolute Gasteiger partial charge is 0.193 e. The van der Waals surface area contributed by atoms with Gasteiger partial charge in [-0.05, 0) is 57.5 Å². The molecule has 5 heteroatoms. The molecule has 1 saturated carbocycles. The standard InChI is InChI=1S/C17H32N4.HI/c1-3-18-16(19-13-15-7-5-11-20(15)4-2)21-12-10-17(14-21)8-6-9-17;/h15H,3-14H2,1-2H3,(H,18,19);1H. The first-order valence-corrected chi connectivity index (χ1v) is 9.04. The zero-order valence-corrected chi connectivity index (χ0v) is 16.6. The molecular weight excluding hydrogens is 387 g/mol. The quantitative estimate of drug-likeness (QED) is 0.431. The third kappa shape index (κ3) is 3.89. The highest BCUT2D eigenvalue weighted by molar-refractivity contribution is 14.0. The summed E-state index contributed by atoms with van der Waals surface area (Å²) in [6, 6.07) is 0.670. The second kappa shape index (κ2) is 8.18. The Kier molecular flexibility index (Phi) is 6.80. The molecule has 2 heterocycles. The third-order valence-corrected chi connectivity index (χ3v) is 5.84. The van der Waals surface area contributed by atoms with Gasteiger partial charge in [0.05, 0.1) is 6.54 Å². The van der Waals surface area contributed by atoms with E-state index < -0.39 is 0 Å². The molecule has 0 amide bonds. The Hall–Kier alpha value is -0.0400. The molecule has 0 bridgehead atoms. The fourth-order valence-corrected chi connectivity index (χ4v) is 4.34. The predicted octanol–water partition coefficient (Wildman–Crippen LogP) is 2.93. The second-order valence-corrected chi connectivity index (χ2v) is 7.14. The molecule has 1 aliphatic carbocycles.